The van der Waals surface area contributed by atoms with E-state index < -0.39 is 6.10 Å². The summed E-state index contributed by atoms with van der Waals surface area (Å²) in [7, 11) is 3.95. The summed E-state index contributed by atoms with van der Waals surface area (Å²) in [5.74, 6) is 2.25. The van der Waals surface area contributed by atoms with Crippen LogP contribution in [0.3, 0.4) is 0 Å². The average Bonchev–Trinajstić information content (AvgIpc) is 3.20. The van der Waals surface area contributed by atoms with Gasteiger partial charge in [0.1, 0.15) is 24.3 Å². The number of hydrogen-bond donors (Lipinski definition) is 3. The lowest BCUT2D eigenvalue weighted by Gasteiger charge is -2.32. The highest BCUT2D eigenvalue weighted by molar-refractivity contribution is 5.71. The van der Waals surface area contributed by atoms with E-state index in [-0.39, 0.29) is 6.61 Å². The molecule has 2 aromatic heterocycles. The number of nitrogens with zero attached hydrogens (tertiary/aromatic N) is 4. The highest BCUT2D eigenvalue weighted by Crippen LogP contribution is 2.32. The molecule has 1 fully saturated rings. The van der Waals surface area contributed by atoms with Gasteiger partial charge in [0.2, 0.25) is 0 Å². The third-order valence-corrected chi connectivity index (χ3v) is 6.56. The molecule has 0 amide bonds. The van der Waals surface area contributed by atoms with Crippen LogP contribution >= 0.6 is 0 Å². The van der Waals surface area contributed by atoms with E-state index >= 15 is 0 Å². The monoisotopic (exact) mass is 464 g/mol. The lowest BCUT2D eigenvalue weighted by molar-refractivity contribution is 0.108. The molecule has 182 valence electrons. The summed E-state index contributed by atoms with van der Waals surface area (Å²) >= 11 is 0. The number of rotatable bonds is 9. The highest BCUT2D eigenvalue weighted by Gasteiger charge is 2.22. The number of aliphatic hydroxyl groups excluding tert-OH is 1. The van der Waals surface area contributed by atoms with Gasteiger partial charge in [-0.25, -0.2) is 9.97 Å². The van der Waals surface area contributed by atoms with Crippen LogP contribution < -0.4 is 15.0 Å². The van der Waals surface area contributed by atoms with Crippen molar-refractivity contribution in [2.45, 2.75) is 58.1 Å². The Morgan fingerprint density at radius 3 is 2.68 bits per heavy atom. The van der Waals surface area contributed by atoms with Crippen LogP contribution in [0.1, 0.15) is 43.5 Å². The molecule has 34 heavy (non-hydrogen) atoms. The van der Waals surface area contributed by atoms with Crippen molar-refractivity contribution in [2.75, 3.05) is 32.1 Å². The SMILES string of the molecule is CNCC(O)COc1cccc(-c2nc(-c3c(C)n[nH]c3C)cc(N(C)C3CCCCC3)n2)c1. The Hall–Kier alpha value is -2.97. The van der Waals surface area contributed by atoms with Gasteiger partial charge in [-0.3, -0.25) is 5.10 Å². The Morgan fingerprint density at radius 2 is 1.97 bits per heavy atom. The smallest absolute Gasteiger partial charge is 0.162 e. The molecule has 1 saturated carbocycles. The predicted molar refractivity (Wildman–Crippen MR) is 135 cm³/mol. The number of anilines is 1. The van der Waals surface area contributed by atoms with Crippen molar-refractivity contribution in [3.05, 3.63) is 41.7 Å². The molecule has 1 atom stereocenters. The van der Waals surface area contributed by atoms with Crippen molar-refractivity contribution >= 4 is 5.82 Å². The van der Waals surface area contributed by atoms with E-state index in [1.807, 2.05) is 38.1 Å². The number of likely N-dealkylation sites (N-methyl/N-ethyl adjacent to an activating group) is 1. The summed E-state index contributed by atoms with van der Waals surface area (Å²) in [6.45, 7) is 4.71. The van der Waals surface area contributed by atoms with E-state index in [0.29, 0.717) is 24.2 Å². The van der Waals surface area contributed by atoms with Crippen LogP contribution in [-0.2, 0) is 0 Å². The first kappa shape index (κ1) is 24.2. The number of aliphatic hydroxyl groups is 1. The standard InChI is InChI=1S/C26H36N6O2/c1-17-25(18(2)31-30-17)23-14-24(32(4)20-10-6-5-7-11-20)29-26(28-23)19-9-8-12-22(13-19)34-16-21(33)15-27-3/h8-9,12-14,20-21,27,33H,5-7,10-11,15-16H2,1-4H3,(H,30,31). The average molecular weight is 465 g/mol. The lowest BCUT2D eigenvalue weighted by Crippen LogP contribution is -2.34. The molecule has 4 rings (SSSR count). The number of hydrogen-bond acceptors (Lipinski definition) is 7. The molecular weight excluding hydrogens is 428 g/mol. The first-order chi connectivity index (χ1) is 16.5. The normalized spacial score (nSPS) is 15.3. The third kappa shape index (κ3) is 5.56. The lowest BCUT2D eigenvalue weighted by atomic mass is 9.94. The number of ether oxygens (including phenoxy) is 1. The van der Waals surface area contributed by atoms with E-state index in [4.69, 9.17) is 14.7 Å². The van der Waals surface area contributed by atoms with Gasteiger partial charge in [-0.05, 0) is 45.9 Å². The quantitative estimate of drug-likeness (QED) is 0.442. The molecular formula is C26H36N6O2. The molecule has 0 radical (unpaired) electrons. The number of aromatic nitrogens is 4. The molecule has 0 spiro atoms. The minimum absolute atomic E-state index is 0.217. The van der Waals surface area contributed by atoms with Crippen LogP contribution in [0.5, 0.6) is 5.75 Å². The minimum Gasteiger partial charge on any atom is -0.491 e. The number of benzene rings is 1. The van der Waals surface area contributed by atoms with Gasteiger partial charge in [-0.15, -0.1) is 0 Å². The first-order valence-corrected chi connectivity index (χ1v) is 12.2. The molecule has 0 aliphatic heterocycles. The Labute approximate surface area is 201 Å². The summed E-state index contributed by atoms with van der Waals surface area (Å²) in [4.78, 5) is 12.2. The summed E-state index contributed by atoms with van der Waals surface area (Å²) in [6.07, 6.45) is 5.64. The highest BCUT2D eigenvalue weighted by atomic mass is 16.5. The molecule has 1 aromatic carbocycles. The molecule has 0 saturated heterocycles. The number of aromatic amines is 1. The first-order valence-electron chi connectivity index (χ1n) is 12.2. The van der Waals surface area contributed by atoms with Crippen molar-refractivity contribution < 1.29 is 9.84 Å². The fraction of sp³-hybridized carbons (Fsp3) is 0.500. The third-order valence-electron chi connectivity index (χ3n) is 6.56. The van der Waals surface area contributed by atoms with Crippen LogP contribution in [0.4, 0.5) is 5.82 Å². The van der Waals surface area contributed by atoms with Crippen LogP contribution in [0.2, 0.25) is 0 Å². The summed E-state index contributed by atoms with van der Waals surface area (Å²) in [5.41, 5.74) is 4.67. The second-order valence-corrected chi connectivity index (χ2v) is 9.20. The maximum atomic E-state index is 9.99. The number of H-pyrrole nitrogens is 1. The summed E-state index contributed by atoms with van der Waals surface area (Å²) < 4.78 is 5.83. The molecule has 8 nitrogen and oxygen atoms in total. The van der Waals surface area contributed by atoms with Gasteiger partial charge in [0.15, 0.2) is 5.82 Å². The van der Waals surface area contributed by atoms with Crippen molar-refractivity contribution in [2.24, 2.45) is 0 Å². The van der Waals surface area contributed by atoms with Gasteiger partial charge in [0.05, 0.1) is 11.4 Å². The molecule has 1 unspecified atom stereocenters. The van der Waals surface area contributed by atoms with Crippen molar-refractivity contribution in [3.63, 3.8) is 0 Å². The van der Waals surface area contributed by atoms with Crippen LogP contribution in [0, 0.1) is 13.8 Å². The fourth-order valence-electron chi connectivity index (χ4n) is 4.67. The second-order valence-electron chi connectivity index (χ2n) is 9.20. The molecule has 8 heteroatoms. The van der Waals surface area contributed by atoms with Crippen molar-refractivity contribution in [1.29, 1.82) is 0 Å². The van der Waals surface area contributed by atoms with E-state index in [1.165, 1.54) is 32.1 Å². The van der Waals surface area contributed by atoms with Gasteiger partial charge >= 0.3 is 0 Å². The topological polar surface area (TPSA) is 99.2 Å². The molecule has 1 aliphatic rings. The van der Waals surface area contributed by atoms with Gasteiger partial charge in [-0.2, -0.15) is 5.10 Å². The Kier molecular flexibility index (Phi) is 7.80. The van der Waals surface area contributed by atoms with E-state index in [9.17, 15) is 5.11 Å². The Bertz CT molecular complexity index is 1070. The maximum absolute atomic E-state index is 9.99. The van der Waals surface area contributed by atoms with Crippen LogP contribution in [-0.4, -0.2) is 64.7 Å². The van der Waals surface area contributed by atoms with E-state index in [2.05, 4.69) is 33.5 Å². The van der Waals surface area contributed by atoms with Gasteiger partial charge < -0.3 is 20.1 Å². The molecule has 2 heterocycles. The van der Waals surface area contributed by atoms with Crippen LogP contribution in [0.15, 0.2) is 30.3 Å². The summed E-state index contributed by atoms with van der Waals surface area (Å²) in [5, 5.41) is 20.4. The maximum Gasteiger partial charge on any atom is 0.162 e. The zero-order valence-electron chi connectivity index (χ0n) is 20.6. The van der Waals surface area contributed by atoms with E-state index in [1.54, 1.807) is 7.05 Å². The molecule has 0 bridgehead atoms. The molecule has 3 N–H and O–H groups in total. The molecule has 1 aliphatic carbocycles. The second kappa shape index (κ2) is 11.0. The van der Waals surface area contributed by atoms with E-state index in [0.717, 1.165) is 34.0 Å². The zero-order chi connectivity index (χ0) is 24.1. The van der Waals surface area contributed by atoms with Crippen LogP contribution in [0.25, 0.3) is 22.6 Å². The van der Waals surface area contributed by atoms with Gasteiger partial charge in [0.25, 0.3) is 0 Å². The Morgan fingerprint density at radius 1 is 1.18 bits per heavy atom. The summed E-state index contributed by atoms with van der Waals surface area (Å²) in [6, 6.07) is 10.3. The fourth-order valence-corrected chi connectivity index (χ4v) is 4.67. The largest absolute Gasteiger partial charge is 0.491 e. The van der Waals surface area contributed by atoms with Gasteiger partial charge in [-0.1, -0.05) is 31.4 Å². The van der Waals surface area contributed by atoms with Crippen molar-refractivity contribution in [3.8, 4) is 28.4 Å². The minimum atomic E-state index is -0.573. The Balaban J connectivity index is 1.70. The van der Waals surface area contributed by atoms with Gasteiger partial charge in [0, 0.05) is 42.5 Å². The number of aryl methyl sites for hydroxylation is 2. The van der Waals surface area contributed by atoms with Crippen molar-refractivity contribution in [1.82, 2.24) is 25.5 Å². The predicted octanol–water partition coefficient (Wildman–Crippen LogP) is 3.88. The molecule has 3 aromatic rings. The zero-order valence-corrected chi connectivity index (χ0v) is 20.6. The number of nitrogens with one attached hydrogen (secondary N) is 2.